The van der Waals surface area contributed by atoms with Gasteiger partial charge in [0.2, 0.25) is 5.91 Å². The van der Waals surface area contributed by atoms with E-state index in [0.29, 0.717) is 10.2 Å². The van der Waals surface area contributed by atoms with Crippen molar-refractivity contribution in [2.45, 2.75) is 25.1 Å². The average molecular weight is 414 g/mol. The molecule has 156 valence electrons. The number of nitrogens with one attached hydrogen (secondary N) is 1. The van der Waals surface area contributed by atoms with Crippen LogP contribution >= 0.6 is 0 Å². The van der Waals surface area contributed by atoms with Gasteiger partial charge in [0.05, 0.1) is 11.6 Å². The van der Waals surface area contributed by atoms with Crippen LogP contribution in [0.5, 0.6) is 0 Å². The Morgan fingerprint density at radius 3 is 2.23 bits per heavy atom. The molecule has 0 saturated heterocycles. The van der Waals surface area contributed by atoms with Crippen molar-refractivity contribution in [3.63, 3.8) is 0 Å². The minimum atomic E-state index is -2.94. The number of hydrogen-bond donors (Lipinski definition) is 3. The van der Waals surface area contributed by atoms with Crippen LogP contribution in [0.2, 0.25) is 0 Å². The first-order chi connectivity index (χ1) is 14.4. The second kappa shape index (κ2) is 9.27. The Kier molecular flexibility index (Phi) is 6.53. The first kappa shape index (κ1) is 21.1. The number of aromatic nitrogens is 2. The van der Waals surface area contributed by atoms with Gasteiger partial charge in [-0.2, -0.15) is 13.9 Å². The van der Waals surface area contributed by atoms with E-state index < -0.39 is 30.5 Å². The molecule has 3 aromatic rings. The molecule has 9 heteroatoms. The summed E-state index contributed by atoms with van der Waals surface area (Å²) >= 11 is 0. The van der Waals surface area contributed by atoms with Gasteiger partial charge in [0, 0.05) is 11.8 Å². The van der Waals surface area contributed by atoms with Crippen molar-refractivity contribution in [2.24, 2.45) is 5.73 Å². The van der Waals surface area contributed by atoms with Crippen molar-refractivity contribution in [3.05, 3.63) is 78.0 Å². The summed E-state index contributed by atoms with van der Waals surface area (Å²) in [6.07, 6.45) is -0.627. The van der Waals surface area contributed by atoms with Gasteiger partial charge in [0.1, 0.15) is 5.69 Å². The number of carbonyl (C=O) groups is 2. The van der Waals surface area contributed by atoms with Crippen LogP contribution in [0.15, 0.2) is 66.9 Å². The maximum Gasteiger partial charge on any atom is 0.333 e. The first-order valence-corrected chi connectivity index (χ1v) is 9.11. The molecule has 7 nitrogen and oxygen atoms in total. The molecule has 2 atom stereocenters. The number of carbonyl (C=O) groups excluding carboxylic acids is 2. The van der Waals surface area contributed by atoms with Crippen molar-refractivity contribution in [3.8, 4) is 11.3 Å². The van der Waals surface area contributed by atoms with E-state index in [9.17, 15) is 23.5 Å². The smallest absolute Gasteiger partial charge is 0.333 e. The van der Waals surface area contributed by atoms with Gasteiger partial charge >= 0.3 is 6.55 Å². The van der Waals surface area contributed by atoms with E-state index in [-0.39, 0.29) is 17.7 Å². The van der Waals surface area contributed by atoms with Crippen LogP contribution in [0, 0.1) is 0 Å². The predicted molar refractivity (Wildman–Crippen MR) is 106 cm³/mol. The topological polar surface area (TPSA) is 110 Å². The number of amides is 2. The van der Waals surface area contributed by atoms with E-state index in [1.165, 1.54) is 0 Å². The number of benzene rings is 2. The van der Waals surface area contributed by atoms with Crippen molar-refractivity contribution in [2.75, 3.05) is 0 Å². The molecule has 3 rings (SSSR count). The number of alkyl halides is 2. The Morgan fingerprint density at radius 2 is 1.67 bits per heavy atom. The number of hydrogen-bond acceptors (Lipinski definition) is 4. The van der Waals surface area contributed by atoms with E-state index in [2.05, 4.69) is 10.4 Å². The third-order valence-electron chi connectivity index (χ3n) is 4.51. The Morgan fingerprint density at radius 1 is 1.07 bits per heavy atom. The fraction of sp³-hybridized carbons (Fsp3) is 0.190. The monoisotopic (exact) mass is 414 g/mol. The molecular weight excluding hydrogens is 394 g/mol. The molecule has 30 heavy (non-hydrogen) atoms. The Balaban J connectivity index is 1.92. The quantitative estimate of drug-likeness (QED) is 0.524. The van der Waals surface area contributed by atoms with Crippen LogP contribution in [0.4, 0.5) is 8.78 Å². The molecule has 2 unspecified atom stereocenters. The van der Waals surface area contributed by atoms with E-state index in [1.807, 2.05) is 0 Å². The van der Waals surface area contributed by atoms with Gasteiger partial charge in [-0.15, -0.1) is 0 Å². The van der Waals surface area contributed by atoms with Gasteiger partial charge in [-0.25, -0.2) is 4.68 Å². The van der Waals surface area contributed by atoms with Crippen molar-refractivity contribution in [1.82, 2.24) is 15.1 Å². The zero-order valence-corrected chi connectivity index (χ0v) is 15.8. The van der Waals surface area contributed by atoms with Crippen LogP contribution in [0.3, 0.4) is 0 Å². The second-order valence-corrected chi connectivity index (χ2v) is 6.63. The zero-order chi connectivity index (χ0) is 21.7. The number of halogens is 2. The summed E-state index contributed by atoms with van der Waals surface area (Å²) in [6, 6.07) is 16.2. The fourth-order valence-corrected chi connectivity index (χ4v) is 3.02. The third-order valence-corrected chi connectivity index (χ3v) is 4.51. The Labute approximate surface area is 171 Å². The molecule has 0 aliphatic rings. The zero-order valence-electron chi connectivity index (χ0n) is 15.8. The minimum absolute atomic E-state index is 0.0559. The standard InChI is InChI=1S/C21H20F2N4O3/c22-21(23)27-12-15(17(26-27)14-9-5-2-6-10-14)20(30)25-16(18(28)19(24)29)11-13-7-3-1-4-8-13/h1-10,12,16,18,21,28H,11H2,(H2,24,29)(H,25,30). The molecule has 0 aliphatic heterocycles. The van der Waals surface area contributed by atoms with Gasteiger partial charge < -0.3 is 16.2 Å². The summed E-state index contributed by atoms with van der Waals surface area (Å²) in [6.45, 7) is -2.94. The van der Waals surface area contributed by atoms with E-state index in [4.69, 9.17) is 5.73 Å². The summed E-state index contributed by atoms with van der Waals surface area (Å²) in [7, 11) is 0. The number of rotatable bonds is 8. The predicted octanol–water partition coefficient (Wildman–Crippen LogP) is 2.13. The molecule has 0 spiro atoms. The molecule has 1 aromatic heterocycles. The summed E-state index contributed by atoms with van der Waals surface area (Å²) < 4.78 is 26.8. The minimum Gasteiger partial charge on any atom is -0.381 e. The second-order valence-electron chi connectivity index (χ2n) is 6.63. The van der Waals surface area contributed by atoms with Gasteiger partial charge in [-0.3, -0.25) is 9.59 Å². The first-order valence-electron chi connectivity index (χ1n) is 9.11. The SMILES string of the molecule is NC(=O)C(O)C(Cc1ccccc1)NC(=O)c1cn(C(F)F)nc1-c1ccccc1. The lowest BCUT2D eigenvalue weighted by atomic mass is 10.00. The van der Waals surface area contributed by atoms with Gasteiger partial charge in [0.15, 0.2) is 6.10 Å². The van der Waals surface area contributed by atoms with E-state index in [1.54, 1.807) is 60.7 Å². The van der Waals surface area contributed by atoms with Crippen LogP contribution in [-0.4, -0.2) is 38.8 Å². The van der Waals surface area contributed by atoms with Gasteiger partial charge in [-0.05, 0) is 12.0 Å². The lowest BCUT2D eigenvalue weighted by Gasteiger charge is -2.22. The summed E-state index contributed by atoms with van der Waals surface area (Å²) in [5, 5.41) is 16.6. The van der Waals surface area contributed by atoms with Crippen molar-refractivity contribution in [1.29, 1.82) is 0 Å². The molecule has 0 aliphatic carbocycles. The maximum absolute atomic E-state index is 13.2. The summed E-state index contributed by atoms with van der Waals surface area (Å²) in [5.74, 6) is -1.77. The maximum atomic E-state index is 13.2. The lowest BCUT2D eigenvalue weighted by molar-refractivity contribution is -0.127. The molecule has 1 heterocycles. The molecule has 0 saturated carbocycles. The molecule has 4 N–H and O–H groups in total. The summed E-state index contributed by atoms with van der Waals surface area (Å²) in [5.41, 5.74) is 6.37. The highest BCUT2D eigenvalue weighted by Gasteiger charge is 2.29. The lowest BCUT2D eigenvalue weighted by Crippen LogP contribution is -2.50. The highest BCUT2D eigenvalue weighted by atomic mass is 19.3. The largest absolute Gasteiger partial charge is 0.381 e. The molecular formula is C21H20F2N4O3. The van der Waals surface area contributed by atoms with E-state index >= 15 is 0 Å². The highest BCUT2D eigenvalue weighted by Crippen LogP contribution is 2.24. The average Bonchev–Trinajstić information content (AvgIpc) is 3.20. The van der Waals surface area contributed by atoms with Crippen molar-refractivity contribution < 1.29 is 23.5 Å². The van der Waals surface area contributed by atoms with Gasteiger partial charge in [0.25, 0.3) is 5.91 Å². The fourth-order valence-electron chi connectivity index (χ4n) is 3.02. The molecule has 0 radical (unpaired) electrons. The number of nitrogens with two attached hydrogens (primary N) is 1. The normalized spacial score (nSPS) is 13.1. The van der Waals surface area contributed by atoms with Gasteiger partial charge in [-0.1, -0.05) is 60.7 Å². The molecule has 2 amide bonds. The van der Waals surface area contributed by atoms with Crippen LogP contribution in [-0.2, 0) is 11.2 Å². The van der Waals surface area contributed by atoms with Crippen LogP contribution in [0.1, 0.15) is 22.5 Å². The van der Waals surface area contributed by atoms with Crippen LogP contribution in [0.25, 0.3) is 11.3 Å². The van der Waals surface area contributed by atoms with E-state index in [0.717, 1.165) is 11.8 Å². The molecule has 2 aromatic carbocycles. The van der Waals surface area contributed by atoms with Crippen LogP contribution < -0.4 is 11.1 Å². The number of nitrogens with zero attached hydrogens (tertiary/aromatic N) is 2. The summed E-state index contributed by atoms with van der Waals surface area (Å²) in [4.78, 5) is 24.5. The highest BCUT2D eigenvalue weighted by molar-refractivity contribution is 6.00. The number of aliphatic hydroxyl groups is 1. The number of aliphatic hydroxyl groups excluding tert-OH is 1. The van der Waals surface area contributed by atoms with Crippen molar-refractivity contribution >= 4 is 11.8 Å². The molecule has 0 fully saturated rings. The molecule has 0 bridgehead atoms. The Hall–Kier alpha value is -3.59. The number of primary amides is 1. The third kappa shape index (κ3) is 4.87. The Bertz CT molecular complexity index is 1010.